The number of imide groups is 1. The minimum absolute atomic E-state index is 0.00828. The summed E-state index contributed by atoms with van der Waals surface area (Å²) >= 11 is 0. The number of hydrogen-bond donors (Lipinski definition) is 1. The van der Waals surface area contributed by atoms with Crippen LogP contribution in [0.15, 0.2) is 72.8 Å². The second-order valence-electron chi connectivity index (χ2n) is 8.28. The van der Waals surface area contributed by atoms with Crippen molar-refractivity contribution in [3.05, 3.63) is 89.7 Å². The number of anilines is 2. The van der Waals surface area contributed by atoms with Crippen LogP contribution in [0.4, 0.5) is 20.6 Å². The van der Waals surface area contributed by atoms with E-state index in [1.165, 1.54) is 17.0 Å². The third-order valence-electron chi connectivity index (χ3n) is 5.65. The number of nitrogens with one attached hydrogen (secondary N) is 1. The summed E-state index contributed by atoms with van der Waals surface area (Å²) in [5.74, 6) is -0.688. The minimum Gasteiger partial charge on any atom is -0.494 e. The number of benzene rings is 3. The molecule has 3 aromatic rings. The van der Waals surface area contributed by atoms with E-state index in [1.54, 1.807) is 54.6 Å². The summed E-state index contributed by atoms with van der Waals surface area (Å²) in [6, 6.07) is 18.1. The minimum atomic E-state index is -1.03. The van der Waals surface area contributed by atoms with Gasteiger partial charge in [0, 0.05) is 12.2 Å². The first-order valence-electron chi connectivity index (χ1n) is 11.3. The Kier molecular flexibility index (Phi) is 7.10. The first-order chi connectivity index (χ1) is 16.9. The molecule has 0 radical (unpaired) electrons. The van der Waals surface area contributed by atoms with Crippen LogP contribution < -0.4 is 15.0 Å². The Bertz CT molecular complexity index is 1250. The molecule has 1 fully saturated rings. The van der Waals surface area contributed by atoms with Gasteiger partial charge in [-0.3, -0.25) is 9.59 Å². The van der Waals surface area contributed by atoms with Crippen LogP contribution in [0.25, 0.3) is 0 Å². The number of carbonyl (C=O) groups excluding carboxylic acids is 3. The molecule has 0 saturated carbocycles. The zero-order chi connectivity index (χ0) is 24.9. The summed E-state index contributed by atoms with van der Waals surface area (Å²) in [7, 11) is 0. The molecule has 4 rings (SSSR count). The van der Waals surface area contributed by atoms with Gasteiger partial charge in [-0.15, -0.1) is 0 Å². The fourth-order valence-electron chi connectivity index (χ4n) is 4.04. The molecule has 180 valence electrons. The highest BCUT2D eigenvalue weighted by atomic mass is 19.1. The molecular formula is C27H26FN3O4. The maximum atomic E-state index is 13.8. The molecule has 0 unspecified atom stereocenters. The van der Waals surface area contributed by atoms with Gasteiger partial charge in [-0.25, -0.2) is 14.1 Å². The molecule has 1 N–H and O–H groups in total. The van der Waals surface area contributed by atoms with Crippen molar-refractivity contribution in [2.45, 2.75) is 32.9 Å². The van der Waals surface area contributed by atoms with E-state index in [1.807, 2.05) is 19.9 Å². The van der Waals surface area contributed by atoms with Crippen LogP contribution in [-0.4, -0.2) is 35.4 Å². The standard InChI is InChI=1S/C27H26FN3O4/c1-3-35-23-12-10-21(11-13-23)29-25(32)16-24-26(33)31(22-9-4-6-18(2)14-22)27(34)30(24)17-19-7-5-8-20(28)15-19/h4-15,24H,3,16-17H2,1-2H3,(H,29,32)/t24-/m1/s1. The van der Waals surface area contributed by atoms with E-state index < -0.39 is 29.7 Å². The third-order valence-corrected chi connectivity index (χ3v) is 5.65. The van der Waals surface area contributed by atoms with E-state index in [0.717, 1.165) is 10.5 Å². The molecule has 3 aromatic carbocycles. The lowest BCUT2D eigenvalue weighted by atomic mass is 10.1. The Morgan fingerprint density at radius 2 is 1.77 bits per heavy atom. The van der Waals surface area contributed by atoms with E-state index in [0.29, 0.717) is 29.3 Å². The van der Waals surface area contributed by atoms with Crippen molar-refractivity contribution in [2.24, 2.45) is 0 Å². The second-order valence-corrected chi connectivity index (χ2v) is 8.28. The van der Waals surface area contributed by atoms with Gasteiger partial charge in [-0.05, 0) is 73.5 Å². The summed E-state index contributed by atoms with van der Waals surface area (Å²) in [6.45, 7) is 4.26. The monoisotopic (exact) mass is 475 g/mol. The van der Waals surface area contributed by atoms with Gasteiger partial charge in [0.1, 0.15) is 17.6 Å². The van der Waals surface area contributed by atoms with Crippen LogP contribution in [0.2, 0.25) is 0 Å². The molecule has 0 bridgehead atoms. The first kappa shape index (κ1) is 23.9. The molecule has 35 heavy (non-hydrogen) atoms. The predicted molar refractivity (Wildman–Crippen MR) is 131 cm³/mol. The summed E-state index contributed by atoms with van der Waals surface area (Å²) < 4.78 is 19.2. The van der Waals surface area contributed by atoms with Crippen molar-refractivity contribution in [1.29, 1.82) is 0 Å². The lowest BCUT2D eigenvalue weighted by Crippen LogP contribution is -2.37. The van der Waals surface area contributed by atoms with Gasteiger partial charge in [-0.1, -0.05) is 24.3 Å². The summed E-state index contributed by atoms with van der Waals surface area (Å²) in [6.07, 6.45) is -0.241. The molecule has 0 spiro atoms. The van der Waals surface area contributed by atoms with Crippen LogP contribution in [0.1, 0.15) is 24.5 Å². The fourth-order valence-corrected chi connectivity index (χ4v) is 4.04. The molecule has 1 saturated heterocycles. The molecule has 0 aliphatic carbocycles. The number of halogens is 1. The SMILES string of the molecule is CCOc1ccc(NC(=O)C[C@@H]2C(=O)N(c3cccc(C)c3)C(=O)N2Cc2cccc(F)c2)cc1. The number of carbonyl (C=O) groups is 3. The Balaban J connectivity index is 1.57. The van der Waals surface area contributed by atoms with Crippen molar-refractivity contribution in [2.75, 3.05) is 16.8 Å². The Morgan fingerprint density at radius 1 is 1.03 bits per heavy atom. The topological polar surface area (TPSA) is 79.0 Å². The van der Waals surface area contributed by atoms with Crippen molar-refractivity contribution in [3.63, 3.8) is 0 Å². The number of rotatable bonds is 8. The fraction of sp³-hybridized carbons (Fsp3) is 0.222. The molecule has 7 nitrogen and oxygen atoms in total. The van der Waals surface area contributed by atoms with Gasteiger partial charge < -0.3 is 15.0 Å². The molecule has 4 amide bonds. The first-order valence-corrected chi connectivity index (χ1v) is 11.3. The zero-order valence-corrected chi connectivity index (χ0v) is 19.5. The van der Waals surface area contributed by atoms with Crippen molar-refractivity contribution in [1.82, 2.24) is 4.90 Å². The van der Waals surface area contributed by atoms with Gasteiger partial charge in [0.2, 0.25) is 5.91 Å². The molecule has 1 aliphatic heterocycles. The maximum Gasteiger partial charge on any atom is 0.332 e. The molecule has 1 heterocycles. The molecule has 8 heteroatoms. The average Bonchev–Trinajstić information content (AvgIpc) is 3.04. The number of hydrogen-bond acceptors (Lipinski definition) is 4. The van der Waals surface area contributed by atoms with Gasteiger partial charge in [0.05, 0.1) is 18.7 Å². The molecular weight excluding hydrogens is 449 g/mol. The van der Waals surface area contributed by atoms with Gasteiger partial charge >= 0.3 is 6.03 Å². The highest BCUT2D eigenvalue weighted by Crippen LogP contribution is 2.29. The molecule has 1 atom stereocenters. The lowest BCUT2D eigenvalue weighted by molar-refractivity contribution is -0.124. The predicted octanol–water partition coefficient (Wildman–Crippen LogP) is 4.90. The van der Waals surface area contributed by atoms with E-state index in [2.05, 4.69) is 5.32 Å². The summed E-state index contributed by atoms with van der Waals surface area (Å²) in [5.41, 5.74) is 2.38. The lowest BCUT2D eigenvalue weighted by Gasteiger charge is -2.21. The third kappa shape index (κ3) is 5.48. The van der Waals surface area contributed by atoms with Crippen LogP contribution >= 0.6 is 0 Å². The van der Waals surface area contributed by atoms with Gasteiger partial charge in [0.15, 0.2) is 0 Å². The zero-order valence-electron chi connectivity index (χ0n) is 19.5. The summed E-state index contributed by atoms with van der Waals surface area (Å²) in [4.78, 5) is 42.0. The summed E-state index contributed by atoms with van der Waals surface area (Å²) in [5, 5.41) is 2.77. The van der Waals surface area contributed by atoms with Crippen molar-refractivity contribution >= 4 is 29.2 Å². The van der Waals surface area contributed by atoms with Crippen LogP contribution in [-0.2, 0) is 16.1 Å². The highest BCUT2D eigenvalue weighted by molar-refractivity contribution is 6.22. The van der Waals surface area contributed by atoms with Crippen molar-refractivity contribution < 1.29 is 23.5 Å². The largest absolute Gasteiger partial charge is 0.494 e. The second kappa shape index (κ2) is 10.4. The van der Waals surface area contributed by atoms with Crippen LogP contribution in [0.5, 0.6) is 5.75 Å². The Hall–Kier alpha value is -4.20. The average molecular weight is 476 g/mol. The van der Waals surface area contributed by atoms with E-state index in [-0.39, 0.29) is 13.0 Å². The van der Waals surface area contributed by atoms with E-state index >= 15 is 0 Å². The van der Waals surface area contributed by atoms with E-state index in [9.17, 15) is 18.8 Å². The number of ether oxygens (including phenoxy) is 1. The van der Waals surface area contributed by atoms with Crippen molar-refractivity contribution in [3.8, 4) is 5.75 Å². The highest BCUT2D eigenvalue weighted by Gasteiger charge is 2.46. The van der Waals surface area contributed by atoms with Gasteiger partial charge in [0.25, 0.3) is 5.91 Å². The number of urea groups is 1. The van der Waals surface area contributed by atoms with Gasteiger partial charge in [-0.2, -0.15) is 0 Å². The number of amides is 4. The number of nitrogens with zero attached hydrogens (tertiary/aromatic N) is 2. The van der Waals surface area contributed by atoms with Crippen LogP contribution in [0, 0.1) is 12.7 Å². The maximum absolute atomic E-state index is 13.8. The normalized spacial score (nSPS) is 15.5. The Labute approximate surface area is 203 Å². The van der Waals surface area contributed by atoms with E-state index in [4.69, 9.17) is 4.74 Å². The van der Waals surface area contributed by atoms with Crippen LogP contribution in [0.3, 0.4) is 0 Å². The molecule has 1 aliphatic rings. The molecule has 0 aromatic heterocycles. The quantitative estimate of drug-likeness (QED) is 0.470. The Morgan fingerprint density at radius 3 is 2.46 bits per heavy atom. The smallest absolute Gasteiger partial charge is 0.332 e. The number of aryl methyl sites for hydroxylation is 1.